The van der Waals surface area contributed by atoms with Gasteiger partial charge in [0.05, 0.1) is 12.0 Å². The van der Waals surface area contributed by atoms with Gasteiger partial charge in [0.25, 0.3) is 0 Å². The second-order valence-electron chi connectivity index (χ2n) is 6.64. The summed E-state index contributed by atoms with van der Waals surface area (Å²) in [5.74, 6) is 0.444. The van der Waals surface area contributed by atoms with Crippen molar-refractivity contribution in [1.82, 2.24) is 14.6 Å². The van der Waals surface area contributed by atoms with Crippen molar-refractivity contribution < 1.29 is 13.2 Å². The molecule has 1 N–H and O–H groups in total. The van der Waals surface area contributed by atoms with Crippen LogP contribution in [0.5, 0.6) is 5.88 Å². The third-order valence-electron chi connectivity index (χ3n) is 4.92. The summed E-state index contributed by atoms with van der Waals surface area (Å²) in [6.45, 7) is 4.23. The molecule has 2 aromatic rings. The highest BCUT2D eigenvalue weighted by molar-refractivity contribution is 7.89. The Morgan fingerprint density at radius 1 is 1.31 bits per heavy atom. The SMILES string of the molecule is CCCCC1CNCCCN1S(=O)(=O)c1cccc2c(OC)nccc12. The zero-order valence-electron chi connectivity index (χ0n) is 15.4. The lowest BCUT2D eigenvalue weighted by molar-refractivity contribution is 0.313. The molecule has 1 saturated heterocycles. The van der Waals surface area contributed by atoms with E-state index in [1.807, 2.05) is 6.07 Å². The summed E-state index contributed by atoms with van der Waals surface area (Å²) in [5.41, 5.74) is 0. The molecule has 2 heterocycles. The molecule has 1 aliphatic heterocycles. The number of nitrogens with zero attached hydrogens (tertiary/aromatic N) is 2. The molecule has 0 radical (unpaired) electrons. The average Bonchev–Trinajstić information content (AvgIpc) is 2.91. The lowest BCUT2D eigenvalue weighted by Gasteiger charge is -2.29. The maximum atomic E-state index is 13.6. The van der Waals surface area contributed by atoms with Crippen LogP contribution in [0.1, 0.15) is 32.6 Å². The molecule has 142 valence electrons. The molecular formula is C19H27N3O3S. The van der Waals surface area contributed by atoms with Crippen molar-refractivity contribution in [3.63, 3.8) is 0 Å². The fourth-order valence-electron chi connectivity index (χ4n) is 3.58. The van der Waals surface area contributed by atoms with Gasteiger partial charge in [-0.1, -0.05) is 25.8 Å². The molecule has 1 aliphatic rings. The summed E-state index contributed by atoms with van der Waals surface area (Å²) >= 11 is 0. The Balaban J connectivity index is 2.07. The number of aromatic nitrogens is 1. The van der Waals surface area contributed by atoms with Gasteiger partial charge >= 0.3 is 0 Å². The molecule has 1 fully saturated rings. The van der Waals surface area contributed by atoms with E-state index < -0.39 is 10.0 Å². The molecule has 3 rings (SSSR count). The molecule has 0 saturated carbocycles. The van der Waals surface area contributed by atoms with Crippen LogP contribution in [-0.2, 0) is 10.0 Å². The predicted molar refractivity (Wildman–Crippen MR) is 103 cm³/mol. The highest BCUT2D eigenvalue weighted by atomic mass is 32.2. The number of rotatable bonds is 6. The van der Waals surface area contributed by atoms with Crippen molar-refractivity contribution in [2.45, 2.75) is 43.5 Å². The molecule has 1 unspecified atom stereocenters. The Hall–Kier alpha value is -1.70. The van der Waals surface area contributed by atoms with E-state index in [2.05, 4.69) is 17.2 Å². The van der Waals surface area contributed by atoms with Gasteiger partial charge in [0, 0.05) is 36.1 Å². The van der Waals surface area contributed by atoms with Gasteiger partial charge in [0.15, 0.2) is 0 Å². The number of hydrogen-bond acceptors (Lipinski definition) is 5. The smallest absolute Gasteiger partial charge is 0.243 e. The lowest BCUT2D eigenvalue weighted by atomic mass is 10.1. The second-order valence-corrected chi connectivity index (χ2v) is 8.50. The van der Waals surface area contributed by atoms with Gasteiger partial charge in [-0.25, -0.2) is 13.4 Å². The van der Waals surface area contributed by atoms with E-state index in [-0.39, 0.29) is 6.04 Å². The first-order valence-electron chi connectivity index (χ1n) is 9.24. The fraction of sp³-hybridized carbons (Fsp3) is 0.526. The number of pyridine rings is 1. The topological polar surface area (TPSA) is 71.5 Å². The summed E-state index contributed by atoms with van der Waals surface area (Å²) in [6.07, 6.45) is 5.36. The number of fused-ring (bicyclic) bond motifs is 1. The van der Waals surface area contributed by atoms with E-state index in [4.69, 9.17) is 4.74 Å². The number of sulfonamides is 1. The number of ether oxygens (including phenoxy) is 1. The largest absolute Gasteiger partial charge is 0.481 e. The van der Waals surface area contributed by atoms with Crippen LogP contribution in [-0.4, -0.2) is 50.5 Å². The standard InChI is InChI=1S/C19H27N3O3S/c1-3-4-7-15-14-20-11-6-13-22(15)26(23,24)18-9-5-8-17-16(18)10-12-21-19(17)25-2/h5,8-10,12,15,20H,3-4,6-7,11,13-14H2,1-2H3. The van der Waals surface area contributed by atoms with Crippen molar-refractivity contribution in [3.8, 4) is 5.88 Å². The number of methoxy groups -OCH3 is 1. The van der Waals surface area contributed by atoms with Gasteiger partial charge in [0.1, 0.15) is 0 Å². The molecule has 0 spiro atoms. The van der Waals surface area contributed by atoms with E-state index in [1.165, 1.54) is 0 Å². The molecule has 1 aromatic carbocycles. The zero-order chi connectivity index (χ0) is 18.6. The first-order chi connectivity index (χ1) is 12.6. The summed E-state index contributed by atoms with van der Waals surface area (Å²) < 4.78 is 34.1. The van der Waals surface area contributed by atoms with Crippen LogP contribution in [0.3, 0.4) is 0 Å². The van der Waals surface area contributed by atoms with E-state index in [9.17, 15) is 8.42 Å². The summed E-state index contributed by atoms with van der Waals surface area (Å²) in [7, 11) is -2.06. The molecule has 0 bridgehead atoms. The number of hydrogen-bond donors (Lipinski definition) is 1. The molecule has 6 nitrogen and oxygen atoms in total. The Morgan fingerprint density at radius 2 is 2.15 bits per heavy atom. The molecule has 26 heavy (non-hydrogen) atoms. The van der Waals surface area contributed by atoms with Crippen LogP contribution >= 0.6 is 0 Å². The van der Waals surface area contributed by atoms with E-state index in [1.54, 1.807) is 35.8 Å². The van der Waals surface area contributed by atoms with Crippen LogP contribution in [0.2, 0.25) is 0 Å². The first kappa shape index (κ1) is 19.1. The minimum atomic E-state index is -3.61. The zero-order valence-corrected chi connectivity index (χ0v) is 16.3. The second kappa shape index (κ2) is 8.33. The first-order valence-corrected chi connectivity index (χ1v) is 10.7. The Morgan fingerprint density at radius 3 is 2.92 bits per heavy atom. The maximum absolute atomic E-state index is 13.6. The quantitative estimate of drug-likeness (QED) is 0.838. The van der Waals surface area contributed by atoms with Crippen LogP contribution in [0.15, 0.2) is 35.4 Å². The normalized spacial score (nSPS) is 19.4. The monoisotopic (exact) mass is 377 g/mol. The Kier molecular flexibility index (Phi) is 6.11. The fourth-order valence-corrected chi connectivity index (χ4v) is 5.48. The van der Waals surface area contributed by atoms with Gasteiger partial charge in [-0.05, 0) is 37.6 Å². The van der Waals surface area contributed by atoms with Gasteiger partial charge in [0.2, 0.25) is 15.9 Å². The van der Waals surface area contributed by atoms with E-state index >= 15 is 0 Å². The van der Waals surface area contributed by atoms with Crippen LogP contribution in [0.4, 0.5) is 0 Å². The Bertz CT molecular complexity index is 854. The summed E-state index contributed by atoms with van der Waals surface area (Å²) in [6, 6.07) is 7.03. The summed E-state index contributed by atoms with van der Waals surface area (Å²) in [5, 5.41) is 4.75. The molecule has 0 amide bonds. The lowest BCUT2D eigenvalue weighted by Crippen LogP contribution is -2.43. The Labute approximate surface area is 155 Å². The molecular weight excluding hydrogens is 350 g/mol. The third-order valence-corrected chi connectivity index (χ3v) is 6.93. The predicted octanol–water partition coefficient (Wildman–Crippen LogP) is 2.79. The van der Waals surface area contributed by atoms with Crippen LogP contribution < -0.4 is 10.1 Å². The minimum absolute atomic E-state index is 0.0126. The van der Waals surface area contributed by atoms with Crippen molar-refractivity contribution in [1.29, 1.82) is 0 Å². The third kappa shape index (κ3) is 3.70. The van der Waals surface area contributed by atoms with Gasteiger partial charge in [-0.3, -0.25) is 0 Å². The van der Waals surface area contributed by atoms with Crippen molar-refractivity contribution in [2.75, 3.05) is 26.7 Å². The van der Waals surface area contributed by atoms with Gasteiger partial charge in [-0.2, -0.15) is 4.31 Å². The number of nitrogens with one attached hydrogen (secondary N) is 1. The minimum Gasteiger partial charge on any atom is -0.481 e. The van der Waals surface area contributed by atoms with Crippen LogP contribution in [0, 0.1) is 0 Å². The van der Waals surface area contributed by atoms with Gasteiger partial charge in [-0.15, -0.1) is 0 Å². The maximum Gasteiger partial charge on any atom is 0.243 e. The highest BCUT2D eigenvalue weighted by Crippen LogP contribution is 2.31. The van der Waals surface area contributed by atoms with E-state index in [0.717, 1.165) is 32.2 Å². The van der Waals surface area contributed by atoms with Gasteiger partial charge < -0.3 is 10.1 Å². The molecule has 0 aliphatic carbocycles. The highest BCUT2D eigenvalue weighted by Gasteiger charge is 2.33. The number of benzene rings is 1. The van der Waals surface area contributed by atoms with Crippen molar-refractivity contribution >= 4 is 20.8 Å². The number of unbranched alkanes of at least 4 members (excludes halogenated alkanes) is 1. The van der Waals surface area contributed by atoms with Crippen LogP contribution in [0.25, 0.3) is 10.8 Å². The van der Waals surface area contributed by atoms with E-state index in [0.29, 0.717) is 34.6 Å². The average molecular weight is 378 g/mol. The summed E-state index contributed by atoms with van der Waals surface area (Å²) in [4.78, 5) is 4.52. The van der Waals surface area contributed by atoms with Crippen molar-refractivity contribution in [3.05, 3.63) is 30.5 Å². The van der Waals surface area contributed by atoms with Crippen molar-refractivity contribution in [2.24, 2.45) is 0 Å². The molecule has 7 heteroatoms. The molecule has 1 atom stereocenters. The molecule has 1 aromatic heterocycles.